The van der Waals surface area contributed by atoms with Crippen LogP contribution < -0.4 is 5.63 Å². The summed E-state index contributed by atoms with van der Waals surface area (Å²) in [6.45, 7) is 42.9. The van der Waals surface area contributed by atoms with Gasteiger partial charge in [0.25, 0.3) is 0 Å². The molecule has 0 N–H and O–H groups in total. The number of hydrogen-bond donors (Lipinski definition) is 0. The fourth-order valence-corrected chi connectivity index (χ4v) is 30.2. The normalized spacial score (nSPS) is 22.0. The Bertz CT molecular complexity index is 1670. The molecule has 0 spiro atoms. The number of rotatable bonds is 6. The second-order valence-corrected chi connectivity index (χ2v) is 31.2. The number of benzene rings is 2. The molecule has 50 heavy (non-hydrogen) atoms. The SMILES string of the molecule is CC[Si]1(CC)C2=[C](C(C)C=C2C(C)(C)C)[Zr]([O]c2ccc(C)cc2C(C)(C)C)([O]c2ccc(C)cc2C(C)(C)C)[C]2=C1C(C(C)(C)C)=CC2C. The van der Waals surface area contributed by atoms with Crippen LogP contribution in [0.1, 0.15) is 133 Å². The summed E-state index contributed by atoms with van der Waals surface area (Å²) in [6, 6.07) is 16.1. The van der Waals surface area contributed by atoms with Crippen molar-refractivity contribution in [1.29, 1.82) is 0 Å². The van der Waals surface area contributed by atoms with Gasteiger partial charge in [-0.1, -0.05) is 0 Å². The first-order valence-electron chi connectivity index (χ1n) is 19.4. The summed E-state index contributed by atoms with van der Waals surface area (Å²) in [5.41, 5.74) is 8.04. The first-order valence-corrected chi connectivity index (χ1v) is 26.3. The Morgan fingerprint density at radius 2 is 0.900 bits per heavy atom. The first-order chi connectivity index (χ1) is 22.8. The van der Waals surface area contributed by atoms with Gasteiger partial charge in [-0.25, -0.2) is 0 Å². The summed E-state index contributed by atoms with van der Waals surface area (Å²) in [4.78, 5) is 0. The summed E-state index contributed by atoms with van der Waals surface area (Å²) in [5.74, 6) is 2.54. The molecule has 0 bridgehead atoms. The Morgan fingerprint density at radius 3 is 1.18 bits per heavy atom. The van der Waals surface area contributed by atoms with Gasteiger partial charge >= 0.3 is 315 Å². The van der Waals surface area contributed by atoms with Crippen LogP contribution in [0.15, 0.2) is 76.7 Å². The summed E-state index contributed by atoms with van der Waals surface area (Å²) in [6.07, 6.45) is 5.28. The minimum atomic E-state index is -4.68. The van der Waals surface area contributed by atoms with Gasteiger partial charge in [-0.2, -0.15) is 0 Å². The third-order valence-electron chi connectivity index (χ3n) is 11.7. The van der Waals surface area contributed by atoms with Crippen LogP contribution in [0.3, 0.4) is 0 Å². The molecule has 1 heterocycles. The van der Waals surface area contributed by atoms with E-state index in [2.05, 4.69) is 173 Å². The molecule has 2 aliphatic carbocycles. The monoisotopic (exact) mass is 770 g/mol. The van der Waals surface area contributed by atoms with Crippen molar-refractivity contribution in [3.8, 4) is 11.5 Å². The summed E-state index contributed by atoms with van der Waals surface area (Å²) >= 11 is -4.68. The first kappa shape index (κ1) is 39.3. The zero-order valence-electron chi connectivity index (χ0n) is 35.0. The van der Waals surface area contributed by atoms with Crippen LogP contribution in [0.4, 0.5) is 0 Å². The third-order valence-corrected chi connectivity index (χ3v) is 27.8. The van der Waals surface area contributed by atoms with Gasteiger partial charge in [0.1, 0.15) is 0 Å². The summed E-state index contributed by atoms with van der Waals surface area (Å²) in [5, 5.41) is 3.38. The molecule has 2 aromatic carbocycles. The van der Waals surface area contributed by atoms with Crippen molar-refractivity contribution in [3.63, 3.8) is 0 Å². The molecule has 0 saturated heterocycles. The quantitative estimate of drug-likeness (QED) is 0.272. The van der Waals surface area contributed by atoms with E-state index in [4.69, 9.17) is 5.63 Å². The van der Waals surface area contributed by atoms with Gasteiger partial charge in [0.05, 0.1) is 0 Å². The fraction of sp³-hybridized carbons (Fsp3) is 0.565. The van der Waals surface area contributed by atoms with E-state index in [0.29, 0.717) is 0 Å². The molecule has 5 rings (SSSR count). The molecular weight excluding hydrogens is 704 g/mol. The zero-order chi connectivity index (χ0) is 37.6. The van der Waals surface area contributed by atoms with Crippen LogP contribution in [0.5, 0.6) is 11.5 Å². The Kier molecular flexibility index (Phi) is 10.1. The summed E-state index contributed by atoms with van der Waals surface area (Å²) in [7, 11) is -2.25. The molecule has 3 aliphatic rings. The van der Waals surface area contributed by atoms with Crippen LogP contribution in [-0.2, 0) is 32.0 Å². The van der Waals surface area contributed by atoms with Crippen LogP contribution in [0.25, 0.3) is 0 Å². The number of aryl methyl sites for hydroxylation is 2. The molecule has 1 aliphatic heterocycles. The van der Waals surface area contributed by atoms with E-state index in [1.807, 2.05) is 0 Å². The van der Waals surface area contributed by atoms with Crippen LogP contribution >= 0.6 is 0 Å². The fourth-order valence-electron chi connectivity index (χ4n) is 9.20. The Morgan fingerprint density at radius 1 is 0.560 bits per heavy atom. The molecule has 2 aromatic rings. The van der Waals surface area contributed by atoms with Gasteiger partial charge < -0.3 is 0 Å². The van der Waals surface area contributed by atoms with Crippen molar-refractivity contribution >= 4 is 8.07 Å². The average molecular weight is 772 g/mol. The van der Waals surface area contributed by atoms with Crippen molar-refractivity contribution in [3.05, 3.63) is 98.9 Å². The van der Waals surface area contributed by atoms with E-state index in [-0.39, 0.29) is 33.5 Å². The molecule has 2 unspecified atom stereocenters. The molecule has 0 amide bonds. The molecule has 0 radical (unpaired) electrons. The van der Waals surface area contributed by atoms with Crippen molar-refractivity contribution in [2.75, 3.05) is 0 Å². The van der Waals surface area contributed by atoms with Crippen molar-refractivity contribution in [2.45, 2.75) is 148 Å². The van der Waals surface area contributed by atoms with E-state index in [1.165, 1.54) is 34.3 Å². The molecular formula is C46H68O2SiZr. The Balaban J connectivity index is 2.03. The molecule has 0 fully saturated rings. The van der Waals surface area contributed by atoms with E-state index in [9.17, 15) is 0 Å². The zero-order valence-corrected chi connectivity index (χ0v) is 38.5. The van der Waals surface area contributed by atoms with E-state index >= 15 is 0 Å². The van der Waals surface area contributed by atoms with E-state index < -0.39 is 29.2 Å². The molecule has 0 saturated carbocycles. The Hall–Kier alpha value is -1.90. The molecule has 4 heteroatoms. The number of hydrogen-bond acceptors (Lipinski definition) is 2. The molecule has 2 atom stereocenters. The minimum absolute atomic E-state index is 0.0142. The van der Waals surface area contributed by atoms with Gasteiger partial charge in [0.15, 0.2) is 0 Å². The van der Waals surface area contributed by atoms with Crippen molar-refractivity contribution < 1.29 is 26.8 Å². The second kappa shape index (κ2) is 12.9. The number of allylic oxidation sites excluding steroid dienone is 8. The maximum atomic E-state index is 8.16. The van der Waals surface area contributed by atoms with Crippen LogP contribution in [0.2, 0.25) is 12.1 Å². The Labute approximate surface area is 313 Å². The molecule has 0 aromatic heterocycles. The summed E-state index contributed by atoms with van der Waals surface area (Å²) < 4.78 is 19.4. The van der Waals surface area contributed by atoms with E-state index in [0.717, 1.165) is 11.5 Å². The van der Waals surface area contributed by atoms with Crippen molar-refractivity contribution in [2.24, 2.45) is 22.7 Å². The molecule has 272 valence electrons. The maximum absolute atomic E-state index is 8.16. The van der Waals surface area contributed by atoms with Gasteiger partial charge in [0.2, 0.25) is 0 Å². The molecule has 2 nitrogen and oxygen atoms in total. The average Bonchev–Trinajstić information content (AvgIpc) is 3.54. The van der Waals surface area contributed by atoms with Gasteiger partial charge in [-0.3, -0.25) is 0 Å². The van der Waals surface area contributed by atoms with Crippen LogP contribution in [0, 0.1) is 36.5 Å². The standard InChI is InChI=1S/C24H38Si.2C11H16O.Zr/c1-11-25(12-2,21-15-17(3)13-19(21)23(5,6)7)22-16-18(4)14-20(22)24(8,9)10;2*1-8-5-6-10(12)9(7-8)11(2,3)4;/h13-14,17-18H,11-12H2,1-10H3;2*5-7,12H,1-4H3;/q;;;+2/p-2. The predicted molar refractivity (Wildman–Crippen MR) is 215 cm³/mol. The third kappa shape index (κ3) is 6.50. The van der Waals surface area contributed by atoms with Gasteiger partial charge in [-0.05, 0) is 0 Å². The predicted octanol–water partition coefficient (Wildman–Crippen LogP) is 13.7. The second-order valence-electron chi connectivity index (χ2n) is 19.9. The van der Waals surface area contributed by atoms with Crippen molar-refractivity contribution in [1.82, 2.24) is 0 Å². The van der Waals surface area contributed by atoms with E-state index in [1.54, 1.807) is 28.1 Å². The van der Waals surface area contributed by atoms with Gasteiger partial charge in [0, 0.05) is 0 Å². The van der Waals surface area contributed by atoms with Gasteiger partial charge in [-0.15, -0.1) is 0 Å². The topological polar surface area (TPSA) is 18.5 Å². The van der Waals surface area contributed by atoms with Crippen LogP contribution in [-0.4, -0.2) is 8.07 Å².